The topological polar surface area (TPSA) is 64.3 Å². The summed E-state index contributed by atoms with van der Waals surface area (Å²) in [6, 6.07) is 15.4. The zero-order valence-corrected chi connectivity index (χ0v) is 12.3. The second-order valence-electron chi connectivity index (χ2n) is 4.97. The predicted octanol–water partition coefficient (Wildman–Crippen LogP) is 3.01. The van der Waals surface area contributed by atoms with Crippen LogP contribution in [0.4, 0.5) is 5.69 Å². The Bertz CT molecular complexity index is 611. The van der Waals surface area contributed by atoms with Crippen molar-refractivity contribution in [3.8, 4) is 5.75 Å². The smallest absolute Gasteiger partial charge is 0.248 e. The summed E-state index contributed by atoms with van der Waals surface area (Å²) < 4.78 is 5.30. The van der Waals surface area contributed by atoms with Gasteiger partial charge in [0.05, 0.1) is 12.8 Å². The van der Waals surface area contributed by atoms with Crippen molar-refractivity contribution in [2.45, 2.75) is 12.8 Å². The molecule has 0 heterocycles. The fraction of sp³-hybridized carbons (Fsp3) is 0.235. The molecule has 0 bridgehead atoms. The van der Waals surface area contributed by atoms with Gasteiger partial charge in [0.1, 0.15) is 5.75 Å². The van der Waals surface area contributed by atoms with Gasteiger partial charge in [0.25, 0.3) is 0 Å². The maximum atomic E-state index is 11.3. The summed E-state index contributed by atoms with van der Waals surface area (Å²) in [5.74, 6) is 0.588. The van der Waals surface area contributed by atoms with Crippen molar-refractivity contribution in [2.75, 3.05) is 19.0 Å². The van der Waals surface area contributed by atoms with Crippen LogP contribution in [-0.2, 0) is 0 Å². The molecule has 110 valence electrons. The van der Waals surface area contributed by atoms with Crippen molar-refractivity contribution in [3.63, 3.8) is 0 Å². The number of amides is 1. The van der Waals surface area contributed by atoms with Gasteiger partial charge >= 0.3 is 0 Å². The lowest BCUT2D eigenvalue weighted by Gasteiger charge is -2.16. The Kier molecular flexibility index (Phi) is 4.82. The van der Waals surface area contributed by atoms with Crippen LogP contribution in [0.5, 0.6) is 5.75 Å². The van der Waals surface area contributed by atoms with Gasteiger partial charge in [0, 0.05) is 12.1 Å². The number of anilines is 1. The summed E-state index contributed by atoms with van der Waals surface area (Å²) in [6.45, 7) is 2.88. The molecule has 0 fully saturated rings. The Balaban J connectivity index is 2.11. The number of rotatable bonds is 6. The number of nitrogens with two attached hydrogens (primary N) is 1. The lowest BCUT2D eigenvalue weighted by molar-refractivity contribution is 0.100. The number of primary amides is 1. The molecule has 0 radical (unpaired) electrons. The Morgan fingerprint density at radius 2 is 1.95 bits per heavy atom. The number of carbonyl (C=O) groups excluding carboxylic acids is 1. The van der Waals surface area contributed by atoms with Gasteiger partial charge in [-0.15, -0.1) is 0 Å². The van der Waals surface area contributed by atoms with Gasteiger partial charge in [-0.05, 0) is 29.7 Å². The molecule has 1 unspecified atom stereocenters. The zero-order valence-electron chi connectivity index (χ0n) is 12.3. The van der Waals surface area contributed by atoms with Crippen molar-refractivity contribution in [2.24, 2.45) is 5.73 Å². The highest BCUT2D eigenvalue weighted by Crippen LogP contribution is 2.26. The largest absolute Gasteiger partial charge is 0.495 e. The molecule has 2 aromatic rings. The molecule has 0 aliphatic carbocycles. The van der Waals surface area contributed by atoms with Crippen LogP contribution in [0.2, 0.25) is 0 Å². The molecule has 0 saturated carbocycles. The van der Waals surface area contributed by atoms with E-state index < -0.39 is 5.91 Å². The van der Waals surface area contributed by atoms with Gasteiger partial charge in [0.15, 0.2) is 0 Å². The van der Waals surface area contributed by atoms with Crippen molar-refractivity contribution >= 4 is 11.6 Å². The molecule has 1 atom stereocenters. The molecule has 2 aromatic carbocycles. The summed E-state index contributed by atoms with van der Waals surface area (Å²) >= 11 is 0. The molecule has 0 saturated heterocycles. The van der Waals surface area contributed by atoms with Crippen LogP contribution in [0.1, 0.15) is 28.8 Å². The number of nitrogens with one attached hydrogen (secondary N) is 1. The maximum absolute atomic E-state index is 11.3. The van der Waals surface area contributed by atoms with Crippen molar-refractivity contribution in [1.82, 2.24) is 0 Å². The third-order valence-corrected chi connectivity index (χ3v) is 3.45. The number of hydrogen-bond acceptors (Lipinski definition) is 3. The summed E-state index contributed by atoms with van der Waals surface area (Å²) in [4.78, 5) is 11.3. The monoisotopic (exact) mass is 284 g/mol. The fourth-order valence-corrected chi connectivity index (χ4v) is 2.16. The second kappa shape index (κ2) is 6.79. The minimum atomic E-state index is -0.447. The molecule has 2 rings (SSSR count). The van der Waals surface area contributed by atoms with Crippen LogP contribution in [0, 0.1) is 0 Å². The van der Waals surface area contributed by atoms with Gasteiger partial charge in [-0.3, -0.25) is 4.79 Å². The quantitative estimate of drug-likeness (QED) is 0.857. The molecule has 4 heteroatoms. The van der Waals surface area contributed by atoms with E-state index in [2.05, 4.69) is 24.4 Å². The summed E-state index contributed by atoms with van der Waals surface area (Å²) in [5.41, 5.74) is 7.81. The SMILES string of the molecule is COc1ccc(C(N)=O)cc1NCC(C)c1ccccc1. The highest BCUT2D eigenvalue weighted by Gasteiger charge is 2.10. The predicted molar refractivity (Wildman–Crippen MR) is 84.9 cm³/mol. The van der Waals surface area contributed by atoms with Gasteiger partial charge in [0.2, 0.25) is 5.91 Å². The van der Waals surface area contributed by atoms with Crippen molar-refractivity contribution < 1.29 is 9.53 Å². The van der Waals surface area contributed by atoms with E-state index in [1.54, 1.807) is 25.3 Å². The Morgan fingerprint density at radius 1 is 1.24 bits per heavy atom. The zero-order chi connectivity index (χ0) is 15.2. The second-order valence-corrected chi connectivity index (χ2v) is 4.97. The number of methoxy groups -OCH3 is 1. The fourth-order valence-electron chi connectivity index (χ4n) is 2.16. The van der Waals surface area contributed by atoms with E-state index in [0.717, 1.165) is 12.2 Å². The summed E-state index contributed by atoms with van der Waals surface area (Å²) in [7, 11) is 1.60. The van der Waals surface area contributed by atoms with Crippen LogP contribution >= 0.6 is 0 Å². The minimum Gasteiger partial charge on any atom is -0.495 e. The van der Waals surface area contributed by atoms with Crippen LogP contribution in [-0.4, -0.2) is 19.6 Å². The lowest BCUT2D eigenvalue weighted by Crippen LogP contribution is -2.14. The van der Waals surface area contributed by atoms with E-state index in [1.807, 2.05) is 18.2 Å². The third-order valence-electron chi connectivity index (χ3n) is 3.45. The highest BCUT2D eigenvalue weighted by atomic mass is 16.5. The molecule has 0 aliphatic heterocycles. The first-order valence-corrected chi connectivity index (χ1v) is 6.88. The van der Waals surface area contributed by atoms with Crippen molar-refractivity contribution in [3.05, 3.63) is 59.7 Å². The van der Waals surface area contributed by atoms with Gasteiger partial charge < -0.3 is 15.8 Å². The van der Waals surface area contributed by atoms with Crippen LogP contribution in [0.3, 0.4) is 0 Å². The Morgan fingerprint density at radius 3 is 2.57 bits per heavy atom. The number of ether oxygens (including phenoxy) is 1. The van der Waals surface area contributed by atoms with E-state index in [4.69, 9.17) is 10.5 Å². The third kappa shape index (κ3) is 3.75. The number of carbonyl (C=O) groups is 1. The number of benzene rings is 2. The molecule has 3 N–H and O–H groups in total. The average molecular weight is 284 g/mol. The molecular formula is C17H20N2O2. The summed E-state index contributed by atoms with van der Waals surface area (Å²) in [6.07, 6.45) is 0. The van der Waals surface area contributed by atoms with Crippen molar-refractivity contribution in [1.29, 1.82) is 0 Å². The Labute approximate surface area is 124 Å². The highest BCUT2D eigenvalue weighted by molar-refractivity contribution is 5.94. The Hall–Kier alpha value is -2.49. The van der Waals surface area contributed by atoms with Gasteiger partial charge in [-0.2, -0.15) is 0 Å². The molecule has 0 spiro atoms. The van der Waals surface area contributed by atoms with E-state index >= 15 is 0 Å². The molecule has 0 aromatic heterocycles. The van der Waals surface area contributed by atoms with E-state index in [-0.39, 0.29) is 0 Å². The van der Waals surface area contributed by atoms with Gasteiger partial charge in [-0.1, -0.05) is 37.3 Å². The lowest BCUT2D eigenvalue weighted by atomic mass is 10.0. The normalized spacial score (nSPS) is 11.7. The average Bonchev–Trinajstić information content (AvgIpc) is 2.53. The standard InChI is InChI=1S/C17H20N2O2/c1-12(13-6-4-3-5-7-13)11-19-15-10-14(17(18)20)8-9-16(15)21-2/h3-10,12,19H,11H2,1-2H3,(H2,18,20). The first kappa shape index (κ1) is 14.9. The van der Waals surface area contributed by atoms with E-state index in [0.29, 0.717) is 17.2 Å². The van der Waals surface area contributed by atoms with Crippen LogP contribution < -0.4 is 15.8 Å². The first-order valence-electron chi connectivity index (χ1n) is 6.88. The molecule has 1 amide bonds. The maximum Gasteiger partial charge on any atom is 0.248 e. The van der Waals surface area contributed by atoms with E-state index in [9.17, 15) is 4.79 Å². The van der Waals surface area contributed by atoms with Crippen LogP contribution in [0.25, 0.3) is 0 Å². The molecule has 21 heavy (non-hydrogen) atoms. The van der Waals surface area contributed by atoms with E-state index in [1.165, 1.54) is 5.56 Å². The molecular weight excluding hydrogens is 264 g/mol. The number of hydrogen-bond donors (Lipinski definition) is 2. The minimum absolute atomic E-state index is 0.341. The molecule has 0 aliphatic rings. The van der Waals surface area contributed by atoms with Gasteiger partial charge in [-0.25, -0.2) is 0 Å². The van der Waals surface area contributed by atoms with Crippen LogP contribution in [0.15, 0.2) is 48.5 Å². The summed E-state index contributed by atoms with van der Waals surface area (Å²) in [5, 5.41) is 3.32. The molecule has 4 nitrogen and oxygen atoms in total. The first-order chi connectivity index (χ1) is 10.1.